The highest BCUT2D eigenvalue weighted by atomic mass is 16.2. The van der Waals surface area contributed by atoms with Crippen molar-refractivity contribution < 1.29 is 4.79 Å². The molecule has 25 heavy (non-hydrogen) atoms. The zero-order valence-corrected chi connectivity index (χ0v) is 14.3. The number of anilines is 1. The standard InChI is InChI=1S/C18H20N6O/c1-14-20-21-22-24(14)17-10-6-9-16(11-17)19-18(25)13-23(2)12-15-7-4-3-5-8-15/h3-11H,12-13H2,1-2H3,(H,19,25). The van der Waals surface area contributed by atoms with Crippen molar-refractivity contribution in [2.45, 2.75) is 13.5 Å². The molecule has 1 amide bonds. The van der Waals surface area contributed by atoms with Crippen LogP contribution in [0.2, 0.25) is 0 Å². The van der Waals surface area contributed by atoms with E-state index in [-0.39, 0.29) is 5.91 Å². The third-order valence-corrected chi connectivity index (χ3v) is 3.71. The summed E-state index contributed by atoms with van der Waals surface area (Å²) in [6, 6.07) is 17.5. The van der Waals surface area contributed by atoms with E-state index in [9.17, 15) is 4.79 Å². The lowest BCUT2D eigenvalue weighted by molar-refractivity contribution is -0.117. The summed E-state index contributed by atoms with van der Waals surface area (Å²) in [5.41, 5.74) is 2.69. The molecule has 0 saturated heterocycles. The van der Waals surface area contributed by atoms with E-state index in [1.165, 1.54) is 5.56 Å². The Kier molecular flexibility index (Phi) is 5.15. The molecule has 1 aromatic heterocycles. The Balaban J connectivity index is 1.60. The normalized spacial score (nSPS) is 10.8. The fourth-order valence-corrected chi connectivity index (χ4v) is 2.58. The van der Waals surface area contributed by atoms with Gasteiger partial charge in [-0.05, 0) is 48.2 Å². The molecular formula is C18H20N6O. The van der Waals surface area contributed by atoms with Gasteiger partial charge >= 0.3 is 0 Å². The molecule has 7 heteroatoms. The molecular weight excluding hydrogens is 316 g/mol. The lowest BCUT2D eigenvalue weighted by atomic mass is 10.2. The van der Waals surface area contributed by atoms with Gasteiger partial charge in [0.15, 0.2) is 5.82 Å². The minimum absolute atomic E-state index is 0.0657. The zero-order valence-electron chi connectivity index (χ0n) is 14.3. The Labute approximate surface area is 146 Å². The van der Waals surface area contributed by atoms with Crippen molar-refractivity contribution in [2.75, 3.05) is 18.9 Å². The number of aryl methyl sites for hydroxylation is 1. The van der Waals surface area contributed by atoms with Gasteiger partial charge in [-0.2, -0.15) is 4.68 Å². The van der Waals surface area contributed by atoms with Gasteiger partial charge in [0.1, 0.15) is 0 Å². The van der Waals surface area contributed by atoms with Gasteiger partial charge in [-0.25, -0.2) is 0 Å². The minimum atomic E-state index is -0.0657. The zero-order chi connectivity index (χ0) is 17.6. The highest BCUT2D eigenvalue weighted by Crippen LogP contribution is 2.14. The molecule has 0 aliphatic carbocycles. The molecule has 0 fully saturated rings. The quantitative estimate of drug-likeness (QED) is 0.745. The average molecular weight is 336 g/mol. The first-order chi connectivity index (χ1) is 12.1. The molecule has 1 N–H and O–H groups in total. The highest BCUT2D eigenvalue weighted by molar-refractivity contribution is 5.92. The number of nitrogens with one attached hydrogen (secondary N) is 1. The summed E-state index contributed by atoms with van der Waals surface area (Å²) in [5.74, 6) is 0.620. The maximum Gasteiger partial charge on any atom is 0.238 e. The van der Waals surface area contributed by atoms with Crippen LogP contribution in [-0.4, -0.2) is 44.6 Å². The smallest absolute Gasteiger partial charge is 0.238 e. The van der Waals surface area contributed by atoms with E-state index in [0.29, 0.717) is 18.1 Å². The van der Waals surface area contributed by atoms with Crippen LogP contribution in [0.15, 0.2) is 54.6 Å². The van der Waals surface area contributed by atoms with Crippen LogP contribution in [0.1, 0.15) is 11.4 Å². The first kappa shape index (κ1) is 16.8. The fourth-order valence-electron chi connectivity index (χ4n) is 2.58. The number of aromatic nitrogens is 4. The van der Waals surface area contributed by atoms with Gasteiger partial charge in [-0.1, -0.05) is 36.4 Å². The molecule has 0 saturated carbocycles. The summed E-state index contributed by atoms with van der Waals surface area (Å²) in [4.78, 5) is 14.3. The average Bonchev–Trinajstić information content (AvgIpc) is 3.02. The summed E-state index contributed by atoms with van der Waals surface area (Å²) in [7, 11) is 1.92. The number of rotatable bonds is 6. The fraction of sp³-hybridized carbons (Fsp3) is 0.222. The van der Waals surface area contributed by atoms with Gasteiger partial charge in [-0.3, -0.25) is 9.69 Å². The van der Waals surface area contributed by atoms with E-state index >= 15 is 0 Å². The minimum Gasteiger partial charge on any atom is -0.325 e. The molecule has 0 radical (unpaired) electrons. The maximum absolute atomic E-state index is 12.3. The molecule has 128 valence electrons. The molecule has 0 aliphatic rings. The van der Waals surface area contributed by atoms with Gasteiger partial charge in [0.25, 0.3) is 0 Å². The van der Waals surface area contributed by atoms with E-state index in [2.05, 4.69) is 20.8 Å². The van der Waals surface area contributed by atoms with E-state index in [4.69, 9.17) is 0 Å². The topological polar surface area (TPSA) is 75.9 Å². The highest BCUT2D eigenvalue weighted by Gasteiger charge is 2.09. The molecule has 7 nitrogen and oxygen atoms in total. The first-order valence-corrected chi connectivity index (χ1v) is 7.99. The number of carbonyl (C=O) groups excluding carboxylic acids is 1. The van der Waals surface area contributed by atoms with Crippen molar-refractivity contribution in [3.63, 3.8) is 0 Å². The van der Waals surface area contributed by atoms with Crippen LogP contribution in [-0.2, 0) is 11.3 Å². The number of amides is 1. The summed E-state index contributed by atoms with van der Waals surface area (Å²) in [6.45, 7) is 2.85. The second-order valence-electron chi connectivity index (χ2n) is 5.89. The van der Waals surface area contributed by atoms with Crippen LogP contribution in [0.3, 0.4) is 0 Å². The number of benzene rings is 2. The lowest BCUT2D eigenvalue weighted by Gasteiger charge is -2.16. The van der Waals surface area contributed by atoms with E-state index in [1.807, 2.05) is 73.5 Å². The molecule has 3 aromatic rings. The number of hydrogen-bond acceptors (Lipinski definition) is 5. The van der Waals surface area contributed by atoms with Gasteiger partial charge in [0, 0.05) is 12.2 Å². The number of tetrazole rings is 1. The Morgan fingerprint density at radius 1 is 1.16 bits per heavy atom. The summed E-state index contributed by atoms with van der Waals surface area (Å²) < 4.78 is 1.62. The Morgan fingerprint density at radius 3 is 2.68 bits per heavy atom. The maximum atomic E-state index is 12.3. The molecule has 3 rings (SSSR count). The SMILES string of the molecule is Cc1nnnn1-c1cccc(NC(=O)CN(C)Cc2ccccc2)c1. The molecule has 0 atom stereocenters. The summed E-state index contributed by atoms with van der Waals surface area (Å²) in [5, 5.41) is 14.4. The largest absolute Gasteiger partial charge is 0.325 e. The van der Waals surface area contributed by atoms with E-state index < -0.39 is 0 Å². The van der Waals surface area contributed by atoms with Crippen LogP contribution in [0, 0.1) is 6.92 Å². The van der Waals surface area contributed by atoms with Crippen molar-refractivity contribution in [3.8, 4) is 5.69 Å². The Hall–Kier alpha value is -3.06. The van der Waals surface area contributed by atoms with Crippen LogP contribution in [0.25, 0.3) is 5.69 Å². The number of nitrogens with zero attached hydrogens (tertiary/aromatic N) is 5. The molecule has 0 spiro atoms. The van der Waals surface area contributed by atoms with Gasteiger partial charge < -0.3 is 5.32 Å². The second kappa shape index (κ2) is 7.67. The number of carbonyl (C=O) groups is 1. The predicted molar refractivity (Wildman–Crippen MR) is 95.3 cm³/mol. The Bertz CT molecular complexity index is 846. The molecule has 1 heterocycles. The molecule has 0 aliphatic heterocycles. The lowest BCUT2D eigenvalue weighted by Crippen LogP contribution is -2.29. The van der Waals surface area contributed by atoms with Crippen molar-refractivity contribution in [2.24, 2.45) is 0 Å². The van der Waals surface area contributed by atoms with Crippen LogP contribution < -0.4 is 5.32 Å². The van der Waals surface area contributed by atoms with E-state index in [0.717, 1.165) is 12.2 Å². The van der Waals surface area contributed by atoms with Gasteiger partial charge in [0.2, 0.25) is 5.91 Å². The van der Waals surface area contributed by atoms with Crippen molar-refractivity contribution in [3.05, 3.63) is 66.0 Å². The first-order valence-electron chi connectivity index (χ1n) is 7.99. The number of likely N-dealkylation sites (N-methyl/N-ethyl adjacent to an activating group) is 1. The van der Waals surface area contributed by atoms with Crippen molar-refractivity contribution in [1.82, 2.24) is 25.1 Å². The van der Waals surface area contributed by atoms with Crippen molar-refractivity contribution in [1.29, 1.82) is 0 Å². The van der Waals surface area contributed by atoms with Crippen LogP contribution >= 0.6 is 0 Å². The predicted octanol–water partition coefficient (Wildman–Crippen LogP) is 2.04. The Morgan fingerprint density at radius 2 is 1.96 bits per heavy atom. The van der Waals surface area contributed by atoms with Crippen molar-refractivity contribution >= 4 is 11.6 Å². The van der Waals surface area contributed by atoms with Gasteiger partial charge in [-0.15, -0.1) is 5.10 Å². The molecule has 0 bridgehead atoms. The number of hydrogen-bond donors (Lipinski definition) is 1. The third-order valence-electron chi connectivity index (χ3n) is 3.71. The second-order valence-corrected chi connectivity index (χ2v) is 5.89. The molecule has 2 aromatic carbocycles. The molecule has 0 unspecified atom stereocenters. The monoisotopic (exact) mass is 336 g/mol. The summed E-state index contributed by atoms with van der Waals surface area (Å²) >= 11 is 0. The van der Waals surface area contributed by atoms with Crippen LogP contribution in [0.4, 0.5) is 5.69 Å². The van der Waals surface area contributed by atoms with Gasteiger partial charge in [0.05, 0.1) is 12.2 Å². The van der Waals surface area contributed by atoms with E-state index in [1.54, 1.807) is 4.68 Å². The summed E-state index contributed by atoms with van der Waals surface area (Å²) in [6.07, 6.45) is 0. The third kappa shape index (κ3) is 4.48. The van der Waals surface area contributed by atoms with Crippen LogP contribution in [0.5, 0.6) is 0 Å².